The van der Waals surface area contributed by atoms with Crippen molar-refractivity contribution in [2.45, 2.75) is 12.5 Å². The number of nitrogen functional groups attached to an aromatic ring is 1. The lowest BCUT2D eigenvalue weighted by atomic mass is 10.2. The fraction of sp³-hybridized carbons (Fsp3) is 0.500. The van der Waals surface area contributed by atoms with Crippen LogP contribution in [0.5, 0.6) is 5.75 Å². The van der Waals surface area contributed by atoms with Gasteiger partial charge in [0.25, 0.3) is 0 Å². The summed E-state index contributed by atoms with van der Waals surface area (Å²) in [4.78, 5) is 9.12. The van der Waals surface area contributed by atoms with Crippen LogP contribution in [-0.4, -0.2) is 50.2 Å². The highest BCUT2D eigenvalue weighted by Gasteiger charge is 2.26. The number of aromatic nitrogens is 1. The van der Waals surface area contributed by atoms with E-state index < -0.39 is 0 Å². The molecule has 1 saturated heterocycles. The predicted molar refractivity (Wildman–Crippen MR) is 84.9 cm³/mol. The summed E-state index contributed by atoms with van der Waals surface area (Å²) in [5, 5.41) is 0.592. The SMILES string of the molecule is COc1ccc(N2CCC(N(C)C)C2)c2sc(N)nc12. The average molecular weight is 292 g/mol. The fourth-order valence-electron chi connectivity index (χ4n) is 2.78. The molecule has 0 saturated carbocycles. The van der Waals surface area contributed by atoms with Crippen molar-refractivity contribution < 1.29 is 4.74 Å². The van der Waals surface area contributed by atoms with E-state index in [1.807, 2.05) is 6.07 Å². The molecule has 2 heterocycles. The van der Waals surface area contributed by atoms with Gasteiger partial charge in [0.2, 0.25) is 0 Å². The predicted octanol–water partition coefficient (Wildman–Crippen LogP) is 2.03. The molecule has 1 aromatic heterocycles. The van der Waals surface area contributed by atoms with Crippen LogP contribution in [0.2, 0.25) is 0 Å². The lowest BCUT2D eigenvalue weighted by Gasteiger charge is -2.22. The molecule has 1 unspecified atom stereocenters. The van der Waals surface area contributed by atoms with Gasteiger partial charge in [0, 0.05) is 19.1 Å². The molecular formula is C14H20N4OS. The highest BCUT2D eigenvalue weighted by molar-refractivity contribution is 7.22. The summed E-state index contributed by atoms with van der Waals surface area (Å²) >= 11 is 1.54. The summed E-state index contributed by atoms with van der Waals surface area (Å²) in [6.07, 6.45) is 1.19. The van der Waals surface area contributed by atoms with Gasteiger partial charge in [-0.15, -0.1) is 0 Å². The third kappa shape index (κ3) is 2.19. The molecule has 0 spiro atoms. The minimum absolute atomic E-state index is 0.592. The molecule has 108 valence electrons. The molecule has 5 nitrogen and oxygen atoms in total. The first kappa shape index (κ1) is 13.5. The van der Waals surface area contributed by atoms with Crippen LogP contribution in [0.1, 0.15) is 6.42 Å². The molecular weight excluding hydrogens is 272 g/mol. The highest BCUT2D eigenvalue weighted by Crippen LogP contribution is 2.39. The maximum atomic E-state index is 5.88. The van der Waals surface area contributed by atoms with Gasteiger partial charge < -0.3 is 20.3 Å². The molecule has 2 N–H and O–H groups in total. The van der Waals surface area contributed by atoms with Gasteiger partial charge in [-0.25, -0.2) is 4.98 Å². The van der Waals surface area contributed by atoms with E-state index in [0.717, 1.165) is 29.1 Å². The van der Waals surface area contributed by atoms with E-state index >= 15 is 0 Å². The Bertz CT molecular complexity index is 625. The lowest BCUT2D eigenvalue weighted by Crippen LogP contribution is -2.31. The number of anilines is 2. The maximum absolute atomic E-state index is 5.88. The molecule has 1 aliphatic rings. The van der Waals surface area contributed by atoms with Gasteiger partial charge >= 0.3 is 0 Å². The smallest absolute Gasteiger partial charge is 0.181 e. The zero-order valence-electron chi connectivity index (χ0n) is 12.1. The number of fused-ring (bicyclic) bond motifs is 1. The van der Waals surface area contributed by atoms with E-state index in [-0.39, 0.29) is 0 Å². The molecule has 1 aliphatic heterocycles. The van der Waals surface area contributed by atoms with E-state index in [9.17, 15) is 0 Å². The Kier molecular flexibility index (Phi) is 3.43. The van der Waals surface area contributed by atoms with Crippen LogP contribution in [0.15, 0.2) is 12.1 Å². The van der Waals surface area contributed by atoms with E-state index in [2.05, 4.69) is 34.9 Å². The number of nitrogens with zero attached hydrogens (tertiary/aromatic N) is 3. The second-order valence-electron chi connectivity index (χ2n) is 5.37. The number of hydrogen-bond donors (Lipinski definition) is 1. The van der Waals surface area contributed by atoms with Crippen molar-refractivity contribution in [2.24, 2.45) is 0 Å². The van der Waals surface area contributed by atoms with E-state index in [0.29, 0.717) is 11.2 Å². The molecule has 1 fully saturated rings. The average Bonchev–Trinajstić information content (AvgIpc) is 3.02. The molecule has 0 radical (unpaired) electrons. The zero-order valence-corrected chi connectivity index (χ0v) is 12.9. The number of rotatable bonds is 3. The number of thiazole rings is 1. The summed E-state index contributed by atoms with van der Waals surface area (Å²) < 4.78 is 6.51. The third-order valence-corrected chi connectivity index (χ3v) is 4.86. The number of hydrogen-bond acceptors (Lipinski definition) is 6. The normalized spacial score (nSPS) is 19.2. The molecule has 1 aromatic carbocycles. The van der Waals surface area contributed by atoms with Crippen LogP contribution in [0, 0.1) is 0 Å². The Morgan fingerprint density at radius 2 is 2.25 bits per heavy atom. The van der Waals surface area contributed by atoms with Crippen molar-refractivity contribution in [1.82, 2.24) is 9.88 Å². The van der Waals surface area contributed by atoms with Crippen LogP contribution in [-0.2, 0) is 0 Å². The summed E-state index contributed by atoms with van der Waals surface area (Å²) in [5.74, 6) is 0.792. The topological polar surface area (TPSA) is 54.6 Å². The number of nitrogens with two attached hydrogens (primary N) is 1. The van der Waals surface area contributed by atoms with Gasteiger partial charge in [0.05, 0.1) is 17.5 Å². The third-order valence-electron chi connectivity index (χ3n) is 3.96. The van der Waals surface area contributed by atoms with E-state index in [4.69, 9.17) is 10.5 Å². The van der Waals surface area contributed by atoms with Crippen molar-refractivity contribution in [3.8, 4) is 5.75 Å². The standard InChI is InChI=1S/C14H20N4OS/c1-17(2)9-6-7-18(8-9)10-4-5-11(19-3)12-13(10)20-14(15)16-12/h4-5,9H,6-8H2,1-3H3,(H2,15,16). The monoisotopic (exact) mass is 292 g/mol. The largest absolute Gasteiger partial charge is 0.494 e. The Hall–Kier alpha value is -1.53. The van der Waals surface area contributed by atoms with Gasteiger partial charge in [-0.3, -0.25) is 0 Å². The molecule has 20 heavy (non-hydrogen) atoms. The van der Waals surface area contributed by atoms with Crippen molar-refractivity contribution in [1.29, 1.82) is 0 Å². The number of benzene rings is 1. The van der Waals surface area contributed by atoms with Gasteiger partial charge in [0.15, 0.2) is 5.13 Å². The molecule has 3 rings (SSSR count). The number of likely N-dealkylation sites (N-methyl/N-ethyl adjacent to an activating group) is 1. The van der Waals surface area contributed by atoms with Crippen molar-refractivity contribution in [2.75, 3.05) is 44.9 Å². The van der Waals surface area contributed by atoms with Crippen LogP contribution < -0.4 is 15.4 Å². The Morgan fingerprint density at radius 1 is 1.45 bits per heavy atom. The van der Waals surface area contributed by atoms with Crippen LogP contribution in [0.3, 0.4) is 0 Å². The van der Waals surface area contributed by atoms with Crippen LogP contribution in [0.25, 0.3) is 10.2 Å². The van der Waals surface area contributed by atoms with Crippen molar-refractivity contribution >= 4 is 32.4 Å². The number of ether oxygens (including phenoxy) is 1. The van der Waals surface area contributed by atoms with Gasteiger partial charge in [-0.2, -0.15) is 0 Å². The summed E-state index contributed by atoms with van der Waals surface area (Å²) in [6.45, 7) is 2.12. The minimum Gasteiger partial charge on any atom is -0.494 e. The molecule has 6 heteroatoms. The van der Waals surface area contributed by atoms with Gasteiger partial charge in [0.1, 0.15) is 11.3 Å². The molecule has 2 aromatic rings. The van der Waals surface area contributed by atoms with E-state index in [1.165, 1.54) is 23.4 Å². The summed E-state index contributed by atoms with van der Waals surface area (Å²) in [6, 6.07) is 4.72. The lowest BCUT2D eigenvalue weighted by molar-refractivity contribution is 0.315. The highest BCUT2D eigenvalue weighted by atomic mass is 32.1. The molecule has 0 amide bonds. The van der Waals surface area contributed by atoms with E-state index in [1.54, 1.807) is 7.11 Å². The summed E-state index contributed by atoms with van der Waals surface area (Å²) in [5.41, 5.74) is 7.98. The number of methoxy groups -OCH3 is 1. The Labute approximate surface area is 122 Å². The minimum atomic E-state index is 0.592. The molecule has 1 atom stereocenters. The maximum Gasteiger partial charge on any atom is 0.181 e. The van der Waals surface area contributed by atoms with Crippen LogP contribution >= 0.6 is 11.3 Å². The quantitative estimate of drug-likeness (QED) is 0.938. The van der Waals surface area contributed by atoms with Gasteiger partial charge in [-0.05, 0) is 32.6 Å². The summed E-state index contributed by atoms with van der Waals surface area (Å²) in [7, 11) is 5.95. The van der Waals surface area contributed by atoms with Crippen molar-refractivity contribution in [3.05, 3.63) is 12.1 Å². The van der Waals surface area contributed by atoms with Crippen molar-refractivity contribution in [3.63, 3.8) is 0 Å². The zero-order chi connectivity index (χ0) is 14.3. The second kappa shape index (κ2) is 5.10. The first-order valence-electron chi connectivity index (χ1n) is 6.74. The fourth-order valence-corrected chi connectivity index (χ4v) is 3.67. The Balaban J connectivity index is 2.00. The Morgan fingerprint density at radius 3 is 2.90 bits per heavy atom. The van der Waals surface area contributed by atoms with Crippen LogP contribution in [0.4, 0.5) is 10.8 Å². The molecule has 0 aliphatic carbocycles. The first-order chi connectivity index (χ1) is 9.60. The first-order valence-corrected chi connectivity index (χ1v) is 7.56. The molecule has 0 bridgehead atoms. The van der Waals surface area contributed by atoms with Gasteiger partial charge in [-0.1, -0.05) is 11.3 Å². The second-order valence-corrected chi connectivity index (χ2v) is 6.40.